The Morgan fingerprint density at radius 1 is 1.03 bits per heavy atom. The predicted octanol–water partition coefficient (Wildman–Crippen LogP) is 5.95. The van der Waals surface area contributed by atoms with Crippen LogP contribution in [0.2, 0.25) is 0 Å². The SMILES string of the molecule is O=C(O)COc1cccc2c1CCC[C@H]2NC(CCCO)c1nc(-c2ccccc2)c(-c2ccccc2)o1. The van der Waals surface area contributed by atoms with Crippen LogP contribution in [0.1, 0.15) is 54.8 Å². The largest absolute Gasteiger partial charge is 0.482 e. The summed E-state index contributed by atoms with van der Waals surface area (Å²) in [4.78, 5) is 16.1. The maximum atomic E-state index is 11.1. The molecule has 3 aromatic carbocycles. The Bertz CT molecular complexity index is 1300. The summed E-state index contributed by atoms with van der Waals surface area (Å²) in [5.41, 5.74) is 4.86. The van der Waals surface area contributed by atoms with E-state index in [-0.39, 0.29) is 25.3 Å². The van der Waals surface area contributed by atoms with Crippen molar-refractivity contribution in [2.75, 3.05) is 13.2 Å². The molecule has 196 valence electrons. The highest BCUT2D eigenvalue weighted by Crippen LogP contribution is 2.39. The van der Waals surface area contributed by atoms with Crippen molar-refractivity contribution in [2.24, 2.45) is 0 Å². The number of fused-ring (bicyclic) bond motifs is 1. The molecule has 0 fully saturated rings. The van der Waals surface area contributed by atoms with E-state index in [2.05, 4.69) is 11.4 Å². The van der Waals surface area contributed by atoms with Crippen molar-refractivity contribution in [1.29, 1.82) is 0 Å². The third-order valence-electron chi connectivity index (χ3n) is 6.89. The zero-order valence-corrected chi connectivity index (χ0v) is 21.2. The van der Waals surface area contributed by atoms with Crippen LogP contribution in [0.5, 0.6) is 5.75 Å². The van der Waals surface area contributed by atoms with Crippen molar-refractivity contribution in [3.8, 4) is 28.3 Å². The number of carboxylic acids is 1. The van der Waals surface area contributed by atoms with Gasteiger partial charge in [-0.05, 0) is 49.3 Å². The third kappa shape index (κ3) is 5.79. The first-order chi connectivity index (χ1) is 18.6. The second-order valence-electron chi connectivity index (χ2n) is 9.50. The number of rotatable bonds is 11. The van der Waals surface area contributed by atoms with Gasteiger partial charge in [-0.1, -0.05) is 72.8 Å². The number of carboxylic acid groups (broad SMARTS) is 1. The molecular formula is C31H32N2O5. The van der Waals surface area contributed by atoms with E-state index in [4.69, 9.17) is 19.2 Å². The van der Waals surface area contributed by atoms with Crippen LogP contribution < -0.4 is 10.1 Å². The molecule has 0 bridgehead atoms. The van der Waals surface area contributed by atoms with Crippen molar-refractivity contribution in [2.45, 2.75) is 44.2 Å². The molecule has 5 rings (SSSR count). The minimum atomic E-state index is -0.996. The van der Waals surface area contributed by atoms with E-state index in [1.54, 1.807) is 0 Å². The summed E-state index contributed by atoms with van der Waals surface area (Å²) >= 11 is 0. The lowest BCUT2D eigenvalue weighted by molar-refractivity contribution is -0.139. The molecule has 0 saturated carbocycles. The second-order valence-corrected chi connectivity index (χ2v) is 9.50. The summed E-state index contributed by atoms with van der Waals surface area (Å²) in [7, 11) is 0. The normalized spacial score (nSPS) is 15.6. The predicted molar refractivity (Wildman–Crippen MR) is 145 cm³/mol. The number of benzene rings is 3. The van der Waals surface area contributed by atoms with E-state index < -0.39 is 5.97 Å². The van der Waals surface area contributed by atoms with Gasteiger partial charge >= 0.3 is 5.97 Å². The lowest BCUT2D eigenvalue weighted by Crippen LogP contribution is -2.30. The highest BCUT2D eigenvalue weighted by atomic mass is 16.5. The summed E-state index contributed by atoms with van der Waals surface area (Å²) in [6.07, 6.45) is 3.95. The number of aliphatic carboxylic acids is 1. The average Bonchev–Trinajstić information content (AvgIpc) is 3.40. The van der Waals surface area contributed by atoms with E-state index in [1.165, 1.54) is 0 Å². The van der Waals surface area contributed by atoms with Gasteiger partial charge in [0.15, 0.2) is 12.4 Å². The minimum Gasteiger partial charge on any atom is -0.482 e. The number of nitrogens with one attached hydrogen (secondary N) is 1. The van der Waals surface area contributed by atoms with Gasteiger partial charge in [0.25, 0.3) is 0 Å². The van der Waals surface area contributed by atoms with Crippen LogP contribution in [-0.2, 0) is 11.2 Å². The van der Waals surface area contributed by atoms with Gasteiger partial charge < -0.3 is 19.4 Å². The summed E-state index contributed by atoms with van der Waals surface area (Å²) in [5, 5.41) is 22.5. The van der Waals surface area contributed by atoms with Crippen LogP contribution in [0.15, 0.2) is 83.3 Å². The first kappa shape index (κ1) is 25.7. The molecule has 4 aromatic rings. The quantitative estimate of drug-likeness (QED) is 0.228. The number of aliphatic hydroxyl groups excluding tert-OH is 1. The van der Waals surface area contributed by atoms with Gasteiger partial charge in [0.05, 0.1) is 6.04 Å². The first-order valence-electron chi connectivity index (χ1n) is 13.1. The van der Waals surface area contributed by atoms with Gasteiger partial charge in [0.2, 0.25) is 5.89 Å². The maximum Gasteiger partial charge on any atom is 0.341 e. The van der Waals surface area contributed by atoms with Gasteiger partial charge in [-0.2, -0.15) is 0 Å². The van der Waals surface area contributed by atoms with Crippen molar-refractivity contribution in [3.63, 3.8) is 0 Å². The topological polar surface area (TPSA) is 105 Å². The summed E-state index contributed by atoms with van der Waals surface area (Å²) in [6, 6.07) is 25.6. The molecule has 1 heterocycles. The fraction of sp³-hybridized carbons (Fsp3) is 0.290. The lowest BCUT2D eigenvalue weighted by atomic mass is 9.86. The zero-order chi connectivity index (χ0) is 26.3. The number of oxazole rings is 1. The number of aliphatic hydroxyl groups is 1. The van der Waals surface area contributed by atoms with Crippen molar-refractivity contribution in [1.82, 2.24) is 10.3 Å². The van der Waals surface area contributed by atoms with Crippen molar-refractivity contribution in [3.05, 3.63) is 95.9 Å². The van der Waals surface area contributed by atoms with E-state index in [9.17, 15) is 9.90 Å². The molecular weight excluding hydrogens is 480 g/mol. The molecule has 0 aliphatic heterocycles. The average molecular weight is 513 g/mol. The summed E-state index contributed by atoms with van der Waals surface area (Å²) in [6.45, 7) is -0.293. The Labute approximate surface area is 222 Å². The number of aromatic nitrogens is 1. The van der Waals surface area contributed by atoms with Crippen LogP contribution in [0.3, 0.4) is 0 Å². The van der Waals surface area contributed by atoms with Crippen molar-refractivity contribution >= 4 is 5.97 Å². The smallest absolute Gasteiger partial charge is 0.341 e. The van der Waals surface area contributed by atoms with Gasteiger partial charge in [0, 0.05) is 23.8 Å². The number of ether oxygens (including phenoxy) is 1. The molecule has 1 unspecified atom stereocenters. The molecule has 3 N–H and O–H groups in total. The van der Waals surface area contributed by atoms with E-state index >= 15 is 0 Å². The van der Waals surface area contributed by atoms with E-state index in [0.717, 1.165) is 53.0 Å². The van der Waals surface area contributed by atoms with Crippen LogP contribution in [0.4, 0.5) is 0 Å². The van der Waals surface area contributed by atoms with Crippen LogP contribution in [0.25, 0.3) is 22.6 Å². The summed E-state index contributed by atoms with van der Waals surface area (Å²) in [5.74, 6) is 0.930. The Kier molecular flexibility index (Phi) is 8.16. The first-order valence-corrected chi connectivity index (χ1v) is 13.1. The Balaban J connectivity index is 1.49. The third-order valence-corrected chi connectivity index (χ3v) is 6.89. The molecule has 1 aliphatic rings. The minimum absolute atomic E-state index is 0.0167. The fourth-order valence-corrected chi connectivity index (χ4v) is 5.14. The Morgan fingerprint density at radius 3 is 2.47 bits per heavy atom. The Hall–Kier alpha value is -3.94. The van der Waals surface area contributed by atoms with Crippen molar-refractivity contribution < 1.29 is 24.2 Å². The maximum absolute atomic E-state index is 11.1. The second kappa shape index (κ2) is 12.1. The van der Waals surface area contributed by atoms with Crippen LogP contribution in [-0.4, -0.2) is 34.4 Å². The van der Waals surface area contributed by atoms with E-state index in [0.29, 0.717) is 24.5 Å². The van der Waals surface area contributed by atoms with Crippen LogP contribution >= 0.6 is 0 Å². The molecule has 1 aromatic heterocycles. The molecule has 0 radical (unpaired) electrons. The lowest BCUT2D eigenvalue weighted by Gasteiger charge is -2.30. The molecule has 1 aliphatic carbocycles. The summed E-state index contributed by atoms with van der Waals surface area (Å²) < 4.78 is 12.1. The number of carbonyl (C=O) groups is 1. The van der Waals surface area contributed by atoms with Gasteiger partial charge in [-0.25, -0.2) is 9.78 Å². The Morgan fingerprint density at radius 2 is 1.76 bits per heavy atom. The molecule has 0 saturated heterocycles. The molecule has 2 atom stereocenters. The van der Waals surface area contributed by atoms with Gasteiger partial charge in [-0.3, -0.25) is 5.32 Å². The number of hydrogen-bond acceptors (Lipinski definition) is 6. The highest BCUT2D eigenvalue weighted by molar-refractivity contribution is 5.76. The fourth-order valence-electron chi connectivity index (χ4n) is 5.14. The molecule has 0 amide bonds. The molecule has 38 heavy (non-hydrogen) atoms. The van der Waals surface area contributed by atoms with Gasteiger partial charge in [-0.15, -0.1) is 0 Å². The highest BCUT2D eigenvalue weighted by Gasteiger charge is 2.29. The van der Waals surface area contributed by atoms with E-state index in [1.807, 2.05) is 72.8 Å². The molecule has 7 nitrogen and oxygen atoms in total. The monoisotopic (exact) mass is 512 g/mol. The standard InChI is InChI=1S/C31H32N2O5/c34-19-9-17-26(32-25-16-7-15-24-23(25)14-8-18-27(24)37-20-28(35)36)31-33-29(21-10-3-1-4-11-21)30(38-31)22-12-5-2-6-13-22/h1-6,8,10-14,18,25-26,32,34H,7,9,15-17,19-20H2,(H,35,36)/t25-,26?/m1/s1. The molecule has 0 spiro atoms. The number of nitrogens with zero attached hydrogens (tertiary/aromatic N) is 1. The molecule has 7 heteroatoms. The van der Waals surface area contributed by atoms with Gasteiger partial charge in [0.1, 0.15) is 11.4 Å². The number of hydrogen-bond donors (Lipinski definition) is 3. The van der Waals surface area contributed by atoms with Crippen LogP contribution in [0, 0.1) is 0 Å². The zero-order valence-electron chi connectivity index (χ0n) is 21.2.